The molecule has 0 fully saturated rings. The zero-order chi connectivity index (χ0) is 14.5. The molecule has 1 N–H and O–H groups in total. The lowest BCUT2D eigenvalue weighted by atomic mass is 9.97. The highest BCUT2D eigenvalue weighted by atomic mass is 16.1. The van der Waals surface area contributed by atoms with Gasteiger partial charge in [0.25, 0.3) is 0 Å². The number of hydrogen-bond acceptors (Lipinski definition) is 1. The second-order valence-corrected chi connectivity index (χ2v) is 5.44. The van der Waals surface area contributed by atoms with Gasteiger partial charge >= 0.3 is 0 Å². The van der Waals surface area contributed by atoms with E-state index in [4.69, 9.17) is 0 Å². The Balaban J connectivity index is 1.99. The Morgan fingerprint density at radius 2 is 1.65 bits per heavy atom. The maximum Gasteiger partial charge on any atom is 0.224 e. The molecule has 0 aliphatic heterocycles. The summed E-state index contributed by atoms with van der Waals surface area (Å²) in [6, 6.07) is 16.2. The molecule has 2 heteroatoms. The molecule has 0 spiro atoms. The molecule has 2 nitrogen and oxygen atoms in total. The summed E-state index contributed by atoms with van der Waals surface area (Å²) in [5, 5.41) is 2.99. The highest BCUT2D eigenvalue weighted by molar-refractivity contribution is 5.91. The van der Waals surface area contributed by atoms with Gasteiger partial charge < -0.3 is 5.32 Å². The normalized spacial score (nSPS) is 11.9. The Morgan fingerprint density at radius 3 is 2.25 bits per heavy atom. The van der Waals surface area contributed by atoms with Crippen molar-refractivity contribution in [2.75, 3.05) is 5.32 Å². The summed E-state index contributed by atoms with van der Waals surface area (Å²) in [5.41, 5.74) is 4.41. The van der Waals surface area contributed by atoms with E-state index in [1.54, 1.807) is 0 Å². The first-order valence-electron chi connectivity index (χ1n) is 6.97. The van der Waals surface area contributed by atoms with Gasteiger partial charge in [0, 0.05) is 12.1 Å². The van der Waals surface area contributed by atoms with Crippen molar-refractivity contribution in [3.8, 4) is 0 Å². The van der Waals surface area contributed by atoms with Crippen LogP contribution in [-0.2, 0) is 4.79 Å². The third kappa shape index (κ3) is 3.95. The number of rotatable bonds is 4. The quantitative estimate of drug-likeness (QED) is 0.872. The van der Waals surface area contributed by atoms with E-state index in [0.29, 0.717) is 6.42 Å². The van der Waals surface area contributed by atoms with Crippen LogP contribution in [0.4, 0.5) is 5.69 Å². The third-order valence-electron chi connectivity index (χ3n) is 3.37. The smallest absolute Gasteiger partial charge is 0.224 e. The van der Waals surface area contributed by atoms with Crippen LogP contribution in [0.2, 0.25) is 0 Å². The van der Waals surface area contributed by atoms with Gasteiger partial charge in [-0.3, -0.25) is 4.79 Å². The van der Waals surface area contributed by atoms with E-state index in [2.05, 4.69) is 30.4 Å². The molecule has 1 atom stereocenters. The van der Waals surface area contributed by atoms with Gasteiger partial charge in [-0.05, 0) is 48.6 Å². The number of carbonyl (C=O) groups excluding carboxylic acids is 1. The van der Waals surface area contributed by atoms with Crippen LogP contribution >= 0.6 is 0 Å². The maximum atomic E-state index is 12.1. The molecule has 2 rings (SSSR count). The first kappa shape index (κ1) is 14.3. The fourth-order valence-electron chi connectivity index (χ4n) is 2.44. The number of aryl methyl sites for hydroxylation is 2. The summed E-state index contributed by atoms with van der Waals surface area (Å²) in [5.74, 6) is 0.286. The molecule has 0 radical (unpaired) electrons. The monoisotopic (exact) mass is 267 g/mol. The molecule has 0 aliphatic rings. The zero-order valence-corrected chi connectivity index (χ0v) is 12.3. The van der Waals surface area contributed by atoms with E-state index < -0.39 is 0 Å². The van der Waals surface area contributed by atoms with Gasteiger partial charge in [-0.2, -0.15) is 0 Å². The number of hydrogen-bond donors (Lipinski definition) is 1. The van der Waals surface area contributed by atoms with E-state index in [1.807, 2.05) is 44.2 Å². The number of amides is 1. The van der Waals surface area contributed by atoms with Crippen LogP contribution < -0.4 is 5.32 Å². The van der Waals surface area contributed by atoms with Gasteiger partial charge in [-0.15, -0.1) is 0 Å². The Labute approximate surface area is 120 Å². The van der Waals surface area contributed by atoms with Crippen molar-refractivity contribution >= 4 is 11.6 Å². The average Bonchev–Trinajstić information content (AvgIpc) is 2.38. The molecule has 104 valence electrons. The predicted octanol–water partition coefficient (Wildman–Crippen LogP) is 4.44. The highest BCUT2D eigenvalue weighted by Gasteiger charge is 2.11. The van der Waals surface area contributed by atoms with Crippen LogP contribution in [0.5, 0.6) is 0 Å². The Kier molecular flexibility index (Phi) is 4.57. The van der Waals surface area contributed by atoms with Crippen molar-refractivity contribution in [2.24, 2.45) is 0 Å². The SMILES string of the molecule is Cc1cc(C)cc(NC(=O)C[C@@H](C)c2ccccc2)c1. The summed E-state index contributed by atoms with van der Waals surface area (Å²) in [7, 11) is 0. The maximum absolute atomic E-state index is 12.1. The molecule has 0 unspecified atom stereocenters. The Morgan fingerprint density at radius 1 is 1.05 bits per heavy atom. The number of anilines is 1. The van der Waals surface area contributed by atoms with Crippen LogP contribution in [0, 0.1) is 13.8 Å². The second-order valence-electron chi connectivity index (χ2n) is 5.44. The highest BCUT2D eigenvalue weighted by Crippen LogP contribution is 2.20. The standard InChI is InChI=1S/C18H21NO/c1-13-9-14(2)11-17(10-13)19-18(20)12-15(3)16-7-5-4-6-8-16/h4-11,15H,12H2,1-3H3,(H,19,20)/t15-/m1/s1. The molecular weight excluding hydrogens is 246 g/mol. The van der Waals surface area contributed by atoms with Crippen molar-refractivity contribution in [1.82, 2.24) is 0 Å². The van der Waals surface area contributed by atoms with Crippen molar-refractivity contribution in [2.45, 2.75) is 33.1 Å². The van der Waals surface area contributed by atoms with Crippen molar-refractivity contribution in [3.63, 3.8) is 0 Å². The molecule has 0 bridgehead atoms. The Hall–Kier alpha value is -2.09. The summed E-state index contributed by atoms with van der Waals surface area (Å²) < 4.78 is 0. The van der Waals surface area contributed by atoms with Crippen molar-refractivity contribution in [1.29, 1.82) is 0 Å². The van der Waals surface area contributed by atoms with Gasteiger partial charge in [0.15, 0.2) is 0 Å². The summed E-state index contributed by atoms with van der Waals surface area (Å²) >= 11 is 0. The van der Waals surface area contributed by atoms with Crippen LogP contribution in [0.15, 0.2) is 48.5 Å². The molecule has 0 aliphatic carbocycles. The minimum atomic E-state index is 0.0614. The lowest BCUT2D eigenvalue weighted by Gasteiger charge is -2.12. The largest absolute Gasteiger partial charge is 0.326 e. The molecule has 0 saturated carbocycles. The second kappa shape index (κ2) is 6.38. The average molecular weight is 267 g/mol. The fourth-order valence-corrected chi connectivity index (χ4v) is 2.44. The van der Waals surface area contributed by atoms with E-state index in [0.717, 1.165) is 16.8 Å². The van der Waals surface area contributed by atoms with Crippen LogP contribution in [0.25, 0.3) is 0 Å². The number of nitrogens with one attached hydrogen (secondary N) is 1. The third-order valence-corrected chi connectivity index (χ3v) is 3.37. The van der Waals surface area contributed by atoms with Crippen LogP contribution in [-0.4, -0.2) is 5.91 Å². The van der Waals surface area contributed by atoms with Gasteiger partial charge in [0.05, 0.1) is 0 Å². The van der Waals surface area contributed by atoms with E-state index in [9.17, 15) is 4.79 Å². The van der Waals surface area contributed by atoms with Gasteiger partial charge in [-0.1, -0.05) is 43.3 Å². The molecule has 2 aromatic rings. The zero-order valence-electron chi connectivity index (χ0n) is 12.3. The summed E-state index contributed by atoms with van der Waals surface area (Å²) in [6.45, 7) is 6.15. The topological polar surface area (TPSA) is 29.1 Å². The number of carbonyl (C=O) groups is 1. The van der Waals surface area contributed by atoms with Gasteiger partial charge in [0.2, 0.25) is 5.91 Å². The summed E-state index contributed by atoms with van der Waals surface area (Å²) in [4.78, 5) is 12.1. The lowest BCUT2D eigenvalue weighted by Crippen LogP contribution is -2.14. The predicted molar refractivity (Wildman–Crippen MR) is 84.0 cm³/mol. The molecule has 2 aromatic carbocycles. The minimum Gasteiger partial charge on any atom is -0.326 e. The molecule has 0 aromatic heterocycles. The lowest BCUT2D eigenvalue weighted by molar-refractivity contribution is -0.116. The number of benzene rings is 2. The first-order chi connectivity index (χ1) is 9.54. The first-order valence-corrected chi connectivity index (χ1v) is 6.97. The van der Waals surface area contributed by atoms with Gasteiger partial charge in [0.1, 0.15) is 0 Å². The molecule has 20 heavy (non-hydrogen) atoms. The fraction of sp³-hybridized carbons (Fsp3) is 0.278. The Bertz CT molecular complexity index is 569. The van der Waals surface area contributed by atoms with Crippen molar-refractivity contribution < 1.29 is 4.79 Å². The van der Waals surface area contributed by atoms with E-state index in [-0.39, 0.29) is 11.8 Å². The van der Waals surface area contributed by atoms with Crippen molar-refractivity contribution in [3.05, 3.63) is 65.2 Å². The van der Waals surface area contributed by atoms with Crippen LogP contribution in [0.3, 0.4) is 0 Å². The molecule has 1 amide bonds. The van der Waals surface area contributed by atoms with E-state index in [1.165, 1.54) is 5.56 Å². The molecule has 0 saturated heterocycles. The molecular formula is C18H21NO. The molecule has 0 heterocycles. The van der Waals surface area contributed by atoms with Gasteiger partial charge in [-0.25, -0.2) is 0 Å². The minimum absolute atomic E-state index is 0.0614. The van der Waals surface area contributed by atoms with Crippen LogP contribution in [0.1, 0.15) is 36.0 Å². The summed E-state index contributed by atoms with van der Waals surface area (Å²) in [6.07, 6.45) is 0.497. The van der Waals surface area contributed by atoms with E-state index >= 15 is 0 Å².